The number of nitro groups is 1. The Balaban J connectivity index is 1.83. The summed E-state index contributed by atoms with van der Waals surface area (Å²) in [7, 11) is 0. The van der Waals surface area contributed by atoms with E-state index in [1.807, 2.05) is 13.0 Å². The second kappa shape index (κ2) is 9.02. The number of nitro benzene ring substituents is 1. The molecule has 0 heterocycles. The molecule has 9 nitrogen and oxygen atoms in total. The zero-order valence-electron chi connectivity index (χ0n) is 14.0. The maximum absolute atomic E-state index is 11.9. The van der Waals surface area contributed by atoms with Crippen LogP contribution in [0.15, 0.2) is 48.5 Å². The number of non-ortho nitro benzene ring substituents is 1. The van der Waals surface area contributed by atoms with E-state index in [9.17, 15) is 19.7 Å². The summed E-state index contributed by atoms with van der Waals surface area (Å²) < 4.78 is 5.44. The van der Waals surface area contributed by atoms with E-state index in [1.165, 1.54) is 24.3 Å². The number of ether oxygens (including phenoxy) is 1. The number of nitrogens with zero attached hydrogens (tertiary/aromatic N) is 1. The van der Waals surface area contributed by atoms with Crippen molar-refractivity contribution in [2.24, 2.45) is 0 Å². The normalized spacial score (nSPS) is 9.88. The van der Waals surface area contributed by atoms with Gasteiger partial charge in [-0.25, -0.2) is 0 Å². The van der Waals surface area contributed by atoms with E-state index < -0.39 is 16.7 Å². The number of carbonyl (C=O) groups is 2. The van der Waals surface area contributed by atoms with Crippen LogP contribution in [0.4, 0.5) is 11.4 Å². The van der Waals surface area contributed by atoms with Crippen molar-refractivity contribution in [3.63, 3.8) is 0 Å². The van der Waals surface area contributed by atoms with Gasteiger partial charge in [-0.2, -0.15) is 0 Å². The number of rotatable bonds is 7. The molecule has 0 unspecified atom stereocenters. The summed E-state index contributed by atoms with van der Waals surface area (Å²) in [6, 6.07) is 12.2. The Hall–Kier alpha value is -3.62. The molecule has 0 saturated carbocycles. The maximum Gasteiger partial charge on any atom is 0.269 e. The Bertz CT molecular complexity index is 792. The first-order chi connectivity index (χ1) is 12.5. The predicted molar refractivity (Wildman–Crippen MR) is 94.8 cm³/mol. The summed E-state index contributed by atoms with van der Waals surface area (Å²) in [6.07, 6.45) is 0. The highest BCUT2D eigenvalue weighted by atomic mass is 16.6. The molecule has 0 aliphatic carbocycles. The minimum Gasteiger partial charge on any atom is -0.492 e. The van der Waals surface area contributed by atoms with Crippen molar-refractivity contribution in [3.8, 4) is 5.75 Å². The number of benzene rings is 2. The van der Waals surface area contributed by atoms with Crippen LogP contribution in [0, 0.1) is 10.1 Å². The van der Waals surface area contributed by atoms with Gasteiger partial charge in [0.05, 0.1) is 23.8 Å². The van der Waals surface area contributed by atoms with Gasteiger partial charge in [-0.05, 0) is 31.2 Å². The van der Waals surface area contributed by atoms with Crippen molar-refractivity contribution in [2.45, 2.75) is 6.92 Å². The number of para-hydroxylation sites is 2. The Labute approximate surface area is 149 Å². The van der Waals surface area contributed by atoms with Crippen molar-refractivity contribution < 1.29 is 19.2 Å². The maximum atomic E-state index is 11.9. The average molecular weight is 358 g/mol. The van der Waals surface area contributed by atoms with Gasteiger partial charge >= 0.3 is 0 Å². The van der Waals surface area contributed by atoms with Gasteiger partial charge in [-0.3, -0.25) is 30.6 Å². The zero-order valence-corrected chi connectivity index (χ0v) is 14.0. The van der Waals surface area contributed by atoms with Crippen molar-refractivity contribution in [1.29, 1.82) is 0 Å². The summed E-state index contributed by atoms with van der Waals surface area (Å²) in [5, 5.41) is 13.5. The lowest BCUT2D eigenvalue weighted by Crippen LogP contribution is -2.44. The van der Waals surface area contributed by atoms with E-state index in [2.05, 4.69) is 16.2 Å². The van der Waals surface area contributed by atoms with Gasteiger partial charge in [-0.15, -0.1) is 0 Å². The zero-order chi connectivity index (χ0) is 18.9. The SMILES string of the molecule is CCOc1ccccc1NCC(=O)NNC(=O)c1ccc([N+](=O)[O-])cc1. The predicted octanol–water partition coefficient (Wildman–Crippen LogP) is 1.87. The topological polar surface area (TPSA) is 123 Å². The Morgan fingerprint density at radius 3 is 2.42 bits per heavy atom. The molecule has 2 aromatic carbocycles. The molecule has 0 fully saturated rings. The lowest BCUT2D eigenvalue weighted by Gasteiger charge is -2.12. The summed E-state index contributed by atoms with van der Waals surface area (Å²) in [5.41, 5.74) is 5.23. The van der Waals surface area contributed by atoms with Crippen molar-refractivity contribution >= 4 is 23.2 Å². The molecule has 0 atom stereocenters. The number of amides is 2. The first kappa shape index (κ1) is 18.7. The number of anilines is 1. The number of hydrogen-bond donors (Lipinski definition) is 3. The molecule has 0 saturated heterocycles. The van der Waals surface area contributed by atoms with Gasteiger partial charge in [0.2, 0.25) is 0 Å². The fraction of sp³-hybridized carbons (Fsp3) is 0.176. The fourth-order valence-corrected chi connectivity index (χ4v) is 2.05. The molecule has 2 rings (SSSR count). The molecule has 9 heteroatoms. The van der Waals surface area contributed by atoms with Crippen LogP contribution in [-0.2, 0) is 4.79 Å². The quantitative estimate of drug-likeness (QED) is 0.513. The van der Waals surface area contributed by atoms with Crippen molar-refractivity contribution in [2.75, 3.05) is 18.5 Å². The first-order valence-electron chi connectivity index (χ1n) is 7.80. The molecule has 0 aliphatic heterocycles. The van der Waals surface area contributed by atoms with Gasteiger partial charge in [0.1, 0.15) is 5.75 Å². The number of hydrazine groups is 1. The Kier molecular flexibility index (Phi) is 6.49. The van der Waals surface area contributed by atoms with Crippen LogP contribution in [0.25, 0.3) is 0 Å². The molecule has 0 spiro atoms. The third kappa shape index (κ3) is 5.20. The molecule has 136 valence electrons. The van der Waals surface area contributed by atoms with Crippen LogP contribution >= 0.6 is 0 Å². The molecule has 2 aromatic rings. The van der Waals surface area contributed by atoms with E-state index in [1.54, 1.807) is 18.2 Å². The van der Waals surface area contributed by atoms with Crippen LogP contribution in [0.5, 0.6) is 5.75 Å². The number of carbonyl (C=O) groups excluding carboxylic acids is 2. The van der Waals surface area contributed by atoms with E-state index >= 15 is 0 Å². The summed E-state index contributed by atoms with van der Waals surface area (Å²) >= 11 is 0. The molecule has 26 heavy (non-hydrogen) atoms. The lowest BCUT2D eigenvalue weighted by molar-refractivity contribution is -0.384. The molecule has 0 bridgehead atoms. The van der Waals surface area contributed by atoms with Gasteiger partial charge in [0.25, 0.3) is 17.5 Å². The highest BCUT2D eigenvalue weighted by Crippen LogP contribution is 2.23. The van der Waals surface area contributed by atoms with Crippen LogP contribution < -0.4 is 20.9 Å². The van der Waals surface area contributed by atoms with Crippen LogP contribution in [0.2, 0.25) is 0 Å². The molecule has 0 radical (unpaired) electrons. The molecule has 0 aromatic heterocycles. The molecule has 3 N–H and O–H groups in total. The monoisotopic (exact) mass is 358 g/mol. The van der Waals surface area contributed by atoms with Crippen molar-refractivity contribution in [3.05, 3.63) is 64.2 Å². The third-order valence-electron chi connectivity index (χ3n) is 3.28. The Morgan fingerprint density at radius 2 is 1.77 bits per heavy atom. The second-order valence-electron chi connectivity index (χ2n) is 5.09. The van der Waals surface area contributed by atoms with E-state index in [-0.39, 0.29) is 17.8 Å². The molecule has 2 amide bonds. The standard InChI is InChI=1S/C17H18N4O5/c1-2-26-15-6-4-3-5-14(15)18-11-16(22)19-20-17(23)12-7-9-13(10-8-12)21(24)25/h3-10,18H,2,11H2,1H3,(H,19,22)(H,20,23). The molecular weight excluding hydrogens is 340 g/mol. The van der Waals surface area contributed by atoms with Crippen molar-refractivity contribution in [1.82, 2.24) is 10.9 Å². The number of nitrogens with one attached hydrogen (secondary N) is 3. The summed E-state index contributed by atoms with van der Waals surface area (Å²) in [4.78, 5) is 33.8. The third-order valence-corrected chi connectivity index (χ3v) is 3.28. The summed E-state index contributed by atoms with van der Waals surface area (Å²) in [5.74, 6) is -0.424. The van der Waals surface area contributed by atoms with E-state index in [0.717, 1.165) is 0 Å². The molecular formula is C17H18N4O5. The number of hydrogen-bond acceptors (Lipinski definition) is 6. The minimum absolute atomic E-state index is 0.0787. The van der Waals surface area contributed by atoms with E-state index in [0.29, 0.717) is 18.0 Å². The second-order valence-corrected chi connectivity index (χ2v) is 5.09. The Morgan fingerprint density at radius 1 is 1.08 bits per heavy atom. The van der Waals surface area contributed by atoms with Gasteiger partial charge in [-0.1, -0.05) is 12.1 Å². The van der Waals surface area contributed by atoms with Gasteiger partial charge in [0, 0.05) is 17.7 Å². The first-order valence-corrected chi connectivity index (χ1v) is 7.80. The highest BCUT2D eigenvalue weighted by Gasteiger charge is 2.11. The smallest absolute Gasteiger partial charge is 0.269 e. The highest BCUT2D eigenvalue weighted by molar-refractivity contribution is 5.95. The van der Waals surface area contributed by atoms with Gasteiger partial charge in [0.15, 0.2) is 0 Å². The molecule has 0 aliphatic rings. The fourth-order valence-electron chi connectivity index (χ4n) is 2.05. The van der Waals surface area contributed by atoms with E-state index in [4.69, 9.17) is 4.74 Å². The van der Waals surface area contributed by atoms with Crippen LogP contribution in [0.1, 0.15) is 17.3 Å². The van der Waals surface area contributed by atoms with Crippen LogP contribution in [0.3, 0.4) is 0 Å². The largest absolute Gasteiger partial charge is 0.492 e. The van der Waals surface area contributed by atoms with Gasteiger partial charge < -0.3 is 10.1 Å². The minimum atomic E-state index is -0.581. The van der Waals surface area contributed by atoms with Crippen LogP contribution in [-0.4, -0.2) is 29.9 Å². The average Bonchev–Trinajstić information content (AvgIpc) is 2.65. The lowest BCUT2D eigenvalue weighted by atomic mass is 10.2. The summed E-state index contributed by atoms with van der Waals surface area (Å²) in [6.45, 7) is 2.28.